The van der Waals surface area contributed by atoms with E-state index in [4.69, 9.17) is 0 Å². The highest BCUT2D eigenvalue weighted by molar-refractivity contribution is 5.85. The Morgan fingerprint density at radius 2 is 2.10 bits per heavy atom. The first-order valence-electron chi connectivity index (χ1n) is 6.94. The molecule has 108 valence electrons. The molecule has 5 heteroatoms. The summed E-state index contributed by atoms with van der Waals surface area (Å²) in [6, 6.07) is 8.47. The van der Waals surface area contributed by atoms with Gasteiger partial charge in [0.2, 0.25) is 5.91 Å². The normalized spacial score (nSPS) is 20.1. The van der Waals surface area contributed by atoms with Gasteiger partial charge in [-0.1, -0.05) is 30.3 Å². The molecule has 1 saturated heterocycles. The molecule has 0 bridgehead atoms. The Hall–Kier alpha value is -1.88. The van der Waals surface area contributed by atoms with Crippen LogP contribution in [0.25, 0.3) is 0 Å². The highest BCUT2D eigenvalue weighted by atomic mass is 16.4. The van der Waals surface area contributed by atoms with E-state index in [0.717, 1.165) is 24.9 Å². The van der Waals surface area contributed by atoms with Crippen LogP contribution in [-0.2, 0) is 16.0 Å². The number of rotatable bonds is 5. The predicted molar refractivity (Wildman–Crippen MR) is 75.3 cm³/mol. The number of amides is 1. The van der Waals surface area contributed by atoms with E-state index in [9.17, 15) is 14.7 Å². The van der Waals surface area contributed by atoms with Crippen LogP contribution in [0.2, 0.25) is 0 Å². The quantitative estimate of drug-likeness (QED) is 0.743. The summed E-state index contributed by atoms with van der Waals surface area (Å²) < 4.78 is 0. The standard InChI is InChI=1S/C15H20N2O3/c18-14(12-7-4-8-16-10-12)17-13(15(19)20)9-11-5-2-1-3-6-11/h1-3,5-6,12-13,16H,4,7-10H2,(H,17,18)(H,19,20)/t12?,13-/m1/s1. The molecule has 1 aromatic carbocycles. The van der Waals surface area contributed by atoms with Crippen LogP contribution in [-0.4, -0.2) is 36.1 Å². The first-order chi connectivity index (χ1) is 9.66. The Morgan fingerprint density at radius 1 is 1.35 bits per heavy atom. The summed E-state index contributed by atoms with van der Waals surface area (Å²) in [6.45, 7) is 1.56. The van der Waals surface area contributed by atoms with Gasteiger partial charge in [-0.2, -0.15) is 0 Å². The fourth-order valence-corrected chi connectivity index (χ4v) is 2.42. The third-order valence-corrected chi connectivity index (χ3v) is 3.56. The number of carbonyl (C=O) groups is 2. The van der Waals surface area contributed by atoms with Crippen LogP contribution in [0, 0.1) is 5.92 Å². The maximum absolute atomic E-state index is 12.1. The number of hydrogen-bond acceptors (Lipinski definition) is 3. The van der Waals surface area contributed by atoms with Crippen molar-refractivity contribution in [1.29, 1.82) is 0 Å². The van der Waals surface area contributed by atoms with E-state index in [2.05, 4.69) is 10.6 Å². The van der Waals surface area contributed by atoms with Gasteiger partial charge >= 0.3 is 5.97 Å². The zero-order valence-electron chi connectivity index (χ0n) is 11.3. The van der Waals surface area contributed by atoms with Gasteiger partial charge in [-0.3, -0.25) is 4.79 Å². The lowest BCUT2D eigenvalue weighted by Crippen LogP contribution is -2.48. The number of carboxylic acids is 1. The van der Waals surface area contributed by atoms with Gasteiger partial charge < -0.3 is 15.7 Å². The summed E-state index contributed by atoms with van der Waals surface area (Å²) in [7, 11) is 0. The number of benzene rings is 1. The van der Waals surface area contributed by atoms with Gasteiger partial charge in [-0.05, 0) is 24.9 Å². The Balaban J connectivity index is 1.95. The molecule has 1 amide bonds. The maximum Gasteiger partial charge on any atom is 0.326 e. The van der Waals surface area contributed by atoms with Crippen LogP contribution in [0.4, 0.5) is 0 Å². The van der Waals surface area contributed by atoms with Crippen molar-refractivity contribution in [2.75, 3.05) is 13.1 Å². The molecule has 0 aliphatic carbocycles. The van der Waals surface area contributed by atoms with Crippen molar-refractivity contribution in [1.82, 2.24) is 10.6 Å². The molecule has 1 fully saturated rings. The van der Waals surface area contributed by atoms with E-state index < -0.39 is 12.0 Å². The van der Waals surface area contributed by atoms with Gasteiger partial charge in [0.05, 0.1) is 5.92 Å². The molecule has 20 heavy (non-hydrogen) atoms. The average molecular weight is 276 g/mol. The first-order valence-corrected chi connectivity index (χ1v) is 6.94. The van der Waals surface area contributed by atoms with Crippen LogP contribution in [0.1, 0.15) is 18.4 Å². The molecule has 2 rings (SSSR count). The van der Waals surface area contributed by atoms with Crippen molar-refractivity contribution in [3.05, 3.63) is 35.9 Å². The van der Waals surface area contributed by atoms with Crippen molar-refractivity contribution in [2.45, 2.75) is 25.3 Å². The maximum atomic E-state index is 12.1. The predicted octanol–water partition coefficient (Wildman–Crippen LogP) is 0.798. The fourth-order valence-electron chi connectivity index (χ4n) is 2.42. The average Bonchev–Trinajstić information content (AvgIpc) is 2.48. The Labute approximate surface area is 118 Å². The second-order valence-electron chi connectivity index (χ2n) is 5.13. The Morgan fingerprint density at radius 3 is 2.70 bits per heavy atom. The zero-order chi connectivity index (χ0) is 14.4. The fraction of sp³-hybridized carbons (Fsp3) is 0.467. The highest BCUT2D eigenvalue weighted by Crippen LogP contribution is 2.11. The first kappa shape index (κ1) is 14.5. The molecule has 1 unspecified atom stereocenters. The lowest BCUT2D eigenvalue weighted by Gasteiger charge is -2.24. The second-order valence-corrected chi connectivity index (χ2v) is 5.13. The molecule has 3 N–H and O–H groups in total. The van der Waals surface area contributed by atoms with Gasteiger partial charge in [0.1, 0.15) is 6.04 Å². The molecule has 2 atom stereocenters. The van der Waals surface area contributed by atoms with Crippen molar-refractivity contribution < 1.29 is 14.7 Å². The summed E-state index contributed by atoms with van der Waals surface area (Å²) in [5.74, 6) is -1.28. The third-order valence-electron chi connectivity index (χ3n) is 3.56. The van der Waals surface area contributed by atoms with E-state index in [0.29, 0.717) is 13.0 Å². The van der Waals surface area contributed by atoms with Gasteiger partial charge in [-0.15, -0.1) is 0 Å². The monoisotopic (exact) mass is 276 g/mol. The molecular weight excluding hydrogens is 256 g/mol. The van der Waals surface area contributed by atoms with Crippen molar-refractivity contribution in [2.24, 2.45) is 5.92 Å². The van der Waals surface area contributed by atoms with Gasteiger partial charge in [-0.25, -0.2) is 4.79 Å². The minimum absolute atomic E-state index is 0.124. The number of carboxylic acid groups (broad SMARTS) is 1. The van der Waals surface area contributed by atoms with Gasteiger partial charge in [0.25, 0.3) is 0 Å². The summed E-state index contributed by atoms with van der Waals surface area (Å²) in [4.78, 5) is 23.4. The van der Waals surface area contributed by atoms with E-state index in [-0.39, 0.29) is 11.8 Å². The Kier molecular flexibility index (Phi) is 5.12. The summed E-state index contributed by atoms with van der Waals surface area (Å²) in [6.07, 6.45) is 2.08. The summed E-state index contributed by atoms with van der Waals surface area (Å²) >= 11 is 0. The second kappa shape index (κ2) is 7.05. The molecule has 1 aromatic rings. The van der Waals surface area contributed by atoms with E-state index in [1.54, 1.807) is 0 Å². The third kappa shape index (κ3) is 4.06. The van der Waals surface area contributed by atoms with Crippen LogP contribution in [0.5, 0.6) is 0 Å². The number of aliphatic carboxylic acids is 1. The molecule has 0 radical (unpaired) electrons. The summed E-state index contributed by atoms with van der Waals surface area (Å²) in [5, 5.41) is 15.1. The smallest absolute Gasteiger partial charge is 0.326 e. The van der Waals surface area contributed by atoms with Crippen LogP contribution >= 0.6 is 0 Å². The van der Waals surface area contributed by atoms with Crippen molar-refractivity contribution in [3.63, 3.8) is 0 Å². The number of carbonyl (C=O) groups excluding carboxylic acids is 1. The van der Waals surface area contributed by atoms with Gasteiger partial charge in [0, 0.05) is 13.0 Å². The molecule has 5 nitrogen and oxygen atoms in total. The van der Waals surface area contributed by atoms with Gasteiger partial charge in [0.15, 0.2) is 0 Å². The van der Waals surface area contributed by atoms with E-state index in [1.165, 1.54) is 0 Å². The SMILES string of the molecule is O=C(N[C@H](Cc1ccccc1)C(=O)O)C1CCCNC1. The van der Waals surface area contributed by atoms with Crippen LogP contribution in [0.3, 0.4) is 0 Å². The molecule has 0 spiro atoms. The highest BCUT2D eigenvalue weighted by Gasteiger charge is 2.26. The lowest BCUT2D eigenvalue weighted by molar-refractivity contribution is -0.142. The minimum atomic E-state index is -0.994. The molecule has 0 aromatic heterocycles. The minimum Gasteiger partial charge on any atom is -0.480 e. The molecule has 1 aliphatic heterocycles. The van der Waals surface area contributed by atoms with Crippen LogP contribution < -0.4 is 10.6 Å². The van der Waals surface area contributed by atoms with Crippen LogP contribution in [0.15, 0.2) is 30.3 Å². The number of nitrogens with one attached hydrogen (secondary N) is 2. The topological polar surface area (TPSA) is 78.4 Å². The van der Waals surface area contributed by atoms with Crippen molar-refractivity contribution in [3.8, 4) is 0 Å². The number of piperidine rings is 1. The molecule has 1 heterocycles. The molecule has 1 aliphatic rings. The zero-order valence-corrected chi connectivity index (χ0v) is 11.3. The largest absolute Gasteiger partial charge is 0.480 e. The molecular formula is C15H20N2O3. The summed E-state index contributed by atoms with van der Waals surface area (Å²) in [5.41, 5.74) is 0.905. The van der Waals surface area contributed by atoms with E-state index in [1.807, 2.05) is 30.3 Å². The van der Waals surface area contributed by atoms with E-state index >= 15 is 0 Å². The van der Waals surface area contributed by atoms with Crippen molar-refractivity contribution >= 4 is 11.9 Å². The Bertz CT molecular complexity index is 455. The number of hydrogen-bond donors (Lipinski definition) is 3. The lowest BCUT2D eigenvalue weighted by atomic mass is 9.97. The molecule has 0 saturated carbocycles.